The topological polar surface area (TPSA) is 67.6 Å². The zero-order valence-corrected chi connectivity index (χ0v) is 12.8. The number of anilines is 1. The monoisotopic (exact) mass is 291 g/mol. The summed E-state index contributed by atoms with van der Waals surface area (Å²) in [6, 6.07) is 7.52. The zero-order valence-electron chi connectivity index (χ0n) is 12.8. The van der Waals surface area contributed by atoms with Crippen molar-refractivity contribution in [2.75, 3.05) is 26.0 Å². The molecule has 0 radical (unpaired) electrons. The van der Waals surface area contributed by atoms with E-state index in [0.29, 0.717) is 12.5 Å². The molecular weight excluding hydrogens is 266 g/mol. The number of nitrogens with two attached hydrogens (primary N) is 1. The molecule has 3 N–H and O–H groups in total. The molecule has 5 heteroatoms. The van der Waals surface area contributed by atoms with Crippen LogP contribution in [-0.4, -0.2) is 37.7 Å². The van der Waals surface area contributed by atoms with Crippen molar-refractivity contribution in [3.8, 4) is 5.75 Å². The first-order valence-electron chi connectivity index (χ1n) is 7.53. The maximum atomic E-state index is 12.4. The van der Waals surface area contributed by atoms with Gasteiger partial charge in [0.1, 0.15) is 5.75 Å². The number of nitrogens with zero attached hydrogens (tertiary/aromatic N) is 1. The molecule has 1 aromatic rings. The van der Waals surface area contributed by atoms with Crippen LogP contribution in [-0.2, 0) is 0 Å². The largest absolute Gasteiger partial charge is 0.497 e. The third-order valence-electron chi connectivity index (χ3n) is 4.31. The van der Waals surface area contributed by atoms with E-state index in [4.69, 9.17) is 10.5 Å². The molecule has 0 aliphatic heterocycles. The molecule has 5 nitrogen and oxygen atoms in total. The summed E-state index contributed by atoms with van der Waals surface area (Å²) in [4.78, 5) is 14.2. The summed E-state index contributed by atoms with van der Waals surface area (Å²) < 4.78 is 5.17. The molecule has 1 saturated carbocycles. The van der Waals surface area contributed by atoms with E-state index in [1.54, 1.807) is 12.0 Å². The van der Waals surface area contributed by atoms with Gasteiger partial charge in [-0.25, -0.2) is 4.79 Å². The molecule has 116 valence electrons. The van der Waals surface area contributed by atoms with Crippen molar-refractivity contribution < 1.29 is 9.53 Å². The Hall–Kier alpha value is -1.75. The van der Waals surface area contributed by atoms with Crippen molar-refractivity contribution in [1.82, 2.24) is 4.90 Å². The van der Waals surface area contributed by atoms with Crippen molar-refractivity contribution in [3.63, 3.8) is 0 Å². The van der Waals surface area contributed by atoms with Crippen LogP contribution in [0.2, 0.25) is 0 Å². The molecular formula is C16H25N3O2. The molecule has 1 aliphatic rings. The highest BCUT2D eigenvalue weighted by Crippen LogP contribution is 2.27. The second-order valence-corrected chi connectivity index (χ2v) is 5.62. The Bertz CT molecular complexity index is 478. The molecule has 21 heavy (non-hydrogen) atoms. The van der Waals surface area contributed by atoms with E-state index in [9.17, 15) is 4.79 Å². The van der Waals surface area contributed by atoms with Gasteiger partial charge in [0.05, 0.1) is 7.11 Å². The predicted octanol–water partition coefficient (Wildman–Crippen LogP) is 2.68. The minimum atomic E-state index is -0.0893. The molecule has 0 heterocycles. The van der Waals surface area contributed by atoms with Crippen LogP contribution in [0.25, 0.3) is 0 Å². The van der Waals surface area contributed by atoms with E-state index in [0.717, 1.165) is 30.7 Å². The van der Waals surface area contributed by atoms with Crippen LogP contribution in [0.1, 0.15) is 25.7 Å². The SMILES string of the molecule is COc1cccc(NC(=O)N(C)C2CCCCC2CN)c1. The number of ether oxygens (including phenoxy) is 1. The lowest BCUT2D eigenvalue weighted by atomic mass is 9.84. The number of rotatable bonds is 4. The van der Waals surface area contributed by atoms with Crippen molar-refractivity contribution in [3.05, 3.63) is 24.3 Å². The smallest absolute Gasteiger partial charge is 0.321 e. The third-order valence-corrected chi connectivity index (χ3v) is 4.31. The van der Waals surface area contributed by atoms with Gasteiger partial charge >= 0.3 is 6.03 Å². The van der Waals surface area contributed by atoms with Crippen molar-refractivity contribution >= 4 is 11.7 Å². The maximum Gasteiger partial charge on any atom is 0.321 e. The fourth-order valence-corrected chi connectivity index (χ4v) is 3.04. The Morgan fingerprint density at radius 3 is 2.90 bits per heavy atom. The number of methoxy groups -OCH3 is 1. The van der Waals surface area contributed by atoms with Gasteiger partial charge < -0.3 is 20.7 Å². The van der Waals surface area contributed by atoms with Crippen LogP contribution in [0.15, 0.2) is 24.3 Å². The number of hydrogen-bond donors (Lipinski definition) is 2. The van der Waals surface area contributed by atoms with Gasteiger partial charge in [-0.05, 0) is 37.4 Å². The Labute approximate surface area is 126 Å². The van der Waals surface area contributed by atoms with Crippen molar-refractivity contribution in [1.29, 1.82) is 0 Å². The molecule has 2 amide bonds. The summed E-state index contributed by atoms with van der Waals surface area (Å²) in [6.07, 6.45) is 4.52. The minimum Gasteiger partial charge on any atom is -0.497 e. The fourth-order valence-electron chi connectivity index (χ4n) is 3.04. The molecule has 2 unspecified atom stereocenters. The van der Waals surface area contributed by atoms with E-state index < -0.39 is 0 Å². The van der Waals surface area contributed by atoms with E-state index in [2.05, 4.69) is 5.32 Å². The van der Waals surface area contributed by atoms with Crippen LogP contribution < -0.4 is 15.8 Å². The molecule has 2 atom stereocenters. The van der Waals surface area contributed by atoms with Gasteiger partial charge in [-0.2, -0.15) is 0 Å². The van der Waals surface area contributed by atoms with Crippen LogP contribution in [0.4, 0.5) is 10.5 Å². The molecule has 1 fully saturated rings. The van der Waals surface area contributed by atoms with Gasteiger partial charge in [0, 0.05) is 24.8 Å². The van der Waals surface area contributed by atoms with Crippen molar-refractivity contribution in [2.45, 2.75) is 31.7 Å². The van der Waals surface area contributed by atoms with E-state index in [1.807, 2.05) is 31.3 Å². The van der Waals surface area contributed by atoms with Crippen LogP contribution >= 0.6 is 0 Å². The van der Waals surface area contributed by atoms with Gasteiger partial charge in [0.25, 0.3) is 0 Å². The summed E-state index contributed by atoms with van der Waals surface area (Å²) in [5.74, 6) is 1.13. The van der Waals surface area contributed by atoms with Crippen LogP contribution in [0.5, 0.6) is 5.75 Å². The third kappa shape index (κ3) is 3.88. The average molecular weight is 291 g/mol. The van der Waals surface area contributed by atoms with E-state index in [1.165, 1.54) is 6.42 Å². The predicted molar refractivity (Wildman–Crippen MR) is 84.6 cm³/mol. The highest BCUT2D eigenvalue weighted by molar-refractivity contribution is 5.89. The van der Waals surface area contributed by atoms with Gasteiger partial charge in [-0.3, -0.25) is 0 Å². The Morgan fingerprint density at radius 1 is 1.43 bits per heavy atom. The number of urea groups is 1. The second kappa shape index (κ2) is 7.31. The first-order chi connectivity index (χ1) is 10.2. The molecule has 0 saturated heterocycles. The lowest BCUT2D eigenvalue weighted by Crippen LogP contribution is -2.47. The lowest BCUT2D eigenvalue weighted by molar-refractivity contribution is 0.150. The normalized spacial score (nSPS) is 21.7. The first-order valence-corrected chi connectivity index (χ1v) is 7.53. The van der Waals surface area contributed by atoms with E-state index in [-0.39, 0.29) is 12.1 Å². The van der Waals surface area contributed by atoms with Crippen LogP contribution in [0.3, 0.4) is 0 Å². The number of carbonyl (C=O) groups excluding carboxylic acids is 1. The molecule has 0 spiro atoms. The summed E-state index contributed by atoms with van der Waals surface area (Å²) in [5.41, 5.74) is 6.59. The first kappa shape index (κ1) is 15.6. The highest BCUT2D eigenvalue weighted by Gasteiger charge is 2.29. The number of carbonyl (C=O) groups is 1. The standard InChI is InChI=1S/C16H25N3O2/c1-19(15-9-4-3-6-12(15)11-17)16(20)18-13-7-5-8-14(10-13)21-2/h5,7-8,10,12,15H,3-4,6,9,11,17H2,1-2H3,(H,18,20). The fraction of sp³-hybridized carbons (Fsp3) is 0.562. The molecule has 0 bridgehead atoms. The summed E-state index contributed by atoms with van der Waals surface area (Å²) >= 11 is 0. The Morgan fingerprint density at radius 2 is 2.19 bits per heavy atom. The van der Waals surface area contributed by atoms with Crippen LogP contribution in [0, 0.1) is 5.92 Å². The summed E-state index contributed by atoms with van der Waals surface area (Å²) in [6.45, 7) is 0.640. The average Bonchev–Trinajstić information content (AvgIpc) is 2.54. The molecule has 1 aromatic carbocycles. The number of amides is 2. The lowest BCUT2D eigenvalue weighted by Gasteiger charge is -2.37. The highest BCUT2D eigenvalue weighted by atomic mass is 16.5. The summed E-state index contributed by atoms with van der Waals surface area (Å²) in [7, 11) is 3.47. The summed E-state index contributed by atoms with van der Waals surface area (Å²) in [5, 5.41) is 2.92. The number of benzene rings is 1. The van der Waals surface area contributed by atoms with Gasteiger partial charge in [-0.15, -0.1) is 0 Å². The second-order valence-electron chi connectivity index (χ2n) is 5.62. The van der Waals surface area contributed by atoms with E-state index >= 15 is 0 Å². The maximum absolute atomic E-state index is 12.4. The Balaban J connectivity index is 2.01. The van der Waals surface area contributed by atoms with Gasteiger partial charge in [0.2, 0.25) is 0 Å². The quantitative estimate of drug-likeness (QED) is 0.896. The Kier molecular flexibility index (Phi) is 5.44. The molecule has 0 aromatic heterocycles. The molecule has 2 rings (SSSR count). The zero-order chi connectivity index (χ0) is 15.2. The van der Waals surface area contributed by atoms with Crippen molar-refractivity contribution in [2.24, 2.45) is 11.7 Å². The molecule has 1 aliphatic carbocycles. The number of nitrogens with one attached hydrogen (secondary N) is 1. The van der Waals surface area contributed by atoms with Gasteiger partial charge in [0.15, 0.2) is 0 Å². The number of hydrogen-bond acceptors (Lipinski definition) is 3. The minimum absolute atomic E-state index is 0.0893. The van der Waals surface area contributed by atoms with Gasteiger partial charge in [-0.1, -0.05) is 18.9 Å².